The Bertz CT molecular complexity index is 921. The van der Waals surface area contributed by atoms with Crippen molar-refractivity contribution in [2.75, 3.05) is 6.61 Å². The first-order valence-corrected chi connectivity index (χ1v) is 9.14. The van der Waals surface area contributed by atoms with Crippen molar-refractivity contribution >= 4 is 12.1 Å². The summed E-state index contributed by atoms with van der Waals surface area (Å²) in [6, 6.07) is 15.2. The summed E-state index contributed by atoms with van der Waals surface area (Å²) in [6.07, 6.45) is -7.36. The van der Waals surface area contributed by atoms with Crippen LogP contribution in [0.25, 0.3) is 11.1 Å². The van der Waals surface area contributed by atoms with Crippen molar-refractivity contribution in [2.24, 2.45) is 5.92 Å². The van der Waals surface area contributed by atoms with E-state index >= 15 is 0 Å². The van der Waals surface area contributed by atoms with E-state index in [2.05, 4.69) is 0 Å². The number of alkyl carbamates (subject to hydrolysis) is 1. The van der Waals surface area contributed by atoms with Gasteiger partial charge in [-0.1, -0.05) is 48.5 Å². The maximum atomic E-state index is 13.4. The highest BCUT2D eigenvalue weighted by Crippen LogP contribution is 2.49. The third-order valence-electron chi connectivity index (χ3n) is 5.77. The smallest absolute Gasteiger partial charge is 0.411 e. The Kier molecular flexibility index (Phi) is 4.52. The molecule has 2 aliphatic rings. The SMILES string of the molecule is O=C(NC1(C(F)(F)F)CC(C(=O)O)C1)OCC1c2ccccc2-c2ccccc21. The van der Waals surface area contributed by atoms with Gasteiger partial charge in [0.05, 0.1) is 5.92 Å². The number of halogens is 3. The van der Waals surface area contributed by atoms with Crippen molar-refractivity contribution in [3.05, 3.63) is 59.7 Å². The molecule has 2 N–H and O–H groups in total. The number of alkyl halides is 3. The summed E-state index contributed by atoms with van der Waals surface area (Å²) in [6.45, 7) is -0.115. The van der Waals surface area contributed by atoms with Crippen LogP contribution >= 0.6 is 0 Å². The molecular formula is C21H18F3NO4. The Morgan fingerprint density at radius 3 is 2.03 bits per heavy atom. The number of carboxylic acid groups (broad SMARTS) is 1. The summed E-state index contributed by atoms with van der Waals surface area (Å²) in [5.41, 5.74) is 1.35. The molecule has 2 aromatic rings. The molecule has 2 aliphatic carbocycles. The Morgan fingerprint density at radius 1 is 1.03 bits per heavy atom. The summed E-state index contributed by atoms with van der Waals surface area (Å²) in [4.78, 5) is 23.1. The molecule has 2 aromatic carbocycles. The van der Waals surface area contributed by atoms with Gasteiger partial charge in [-0.2, -0.15) is 13.2 Å². The zero-order valence-corrected chi connectivity index (χ0v) is 15.2. The second-order valence-electron chi connectivity index (χ2n) is 7.47. The second kappa shape index (κ2) is 6.79. The number of ether oxygens (including phenoxy) is 1. The first kappa shape index (κ1) is 19.3. The number of hydrogen-bond acceptors (Lipinski definition) is 3. The van der Waals surface area contributed by atoms with Crippen LogP contribution in [0.15, 0.2) is 48.5 Å². The molecule has 0 radical (unpaired) electrons. The van der Waals surface area contributed by atoms with Crippen LogP contribution in [-0.2, 0) is 9.53 Å². The van der Waals surface area contributed by atoms with Crippen molar-refractivity contribution in [3.63, 3.8) is 0 Å². The number of carboxylic acids is 1. The zero-order valence-electron chi connectivity index (χ0n) is 15.2. The molecule has 5 nitrogen and oxygen atoms in total. The van der Waals surface area contributed by atoms with Gasteiger partial charge >= 0.3 is 18.2 Å². The maximum absolute atomic E-state index is 13.4. The van der Waals surface area contributed by atoms with Gasteiger partial charge in [0.1, 0.15) is 12.1 Å². The normalized spacial score (nSPS) is 22.9. The van der Waals surface area contributed by atoms with Gasteiger partial charge in [0.25, 0.3) is 0 Å². The van der Waals surface area contributed by atoms with Gasteiger partial charge in [-0.05, 0) is 35.1 Å². The van der Waals surface area contributed by atoms with Gasteiger partial charge in [-0.3, -0.25) is 4.79 Å². The van der Waals surface area contributed by atoms with E-state index < -0.39 is 42.5 Å². The minimum Gasteiger partial charge on any atom is -0.481 e. The highest BCUT2D eigenvalue weighted by molar-refractivity contribution is 5.79. The van der Waals surface area contributed by atoms with E-state index in [4.69, 9.17) is 9.84 Å². The minimum atomic E-state index is -4.76. The third-order valence-corrected chi connectivity index (χ3v) is 5.77. The zero-order chi connectivity index (χ0) is 20.8. The van der Waals surface area contributed by atoms with E-state index in [0.29, 0.717) is 0 Å². The van der Waals surface area contributed by atoms with E-state index in [1.54, 1.807) is 0 Å². The second-order valence-corrected chi connectivity index (χ2v) is 7.47. The molecule has 1 saturated carbocycles. The van der Waals surface area contributed by atoms with Crippen LogP contribution in [0, 0.1) is 5.92 Å². The average molecular weight is 405 g/mol. The van der Waals surface area contributed by atoms with Crippen molar-refractivity contribution < 1.29 is 32.6 Å². The molecule has 0 atom stereocenters. The Morgan fingerprint density at radius 2 is 1.55 bits per heavy atom. The third kappa shape index (κ3) is 3.22. The number of aliphatic carboxylic acids is 1. The summed E-state index contributed by atoms with van der Waals surface area (Å²) in [7, 11) is 0. The topological polar surface area (TPSA) is 75.6 Å². The van der Waals surface area contributed by atoms with Crippen LogP contribution in [0.5, 0.6) is 0 Å². The summed E-state index contributed by atoms with van der Waals surface area (Å²) < 4.78 is 45.4. The summed E-state index contributed by atoms with van der Waals surface area (Å²) in [5, 5.41) is 10.8. The quantitative estimate of drug-likeness (QED) is 0.794. The largest absolute Gasteiger partial charge is 0.481 e. The summed E-state index contributed by atoms with van der Waals surface area (Å²) >= 11 is 0. The standard InChI is InChI=1S/C21H18F3NO4/c22-21(23,24)20(9-12(10-20)18(26)27)25-19(28)29-11-17-15-7-3-1-5-13(15)14-6-2-4-8-16(14)17/h1-8,12,17H,9-11H2,(H,25,28)(H,26,27). The fraction of sp³-hybridized carbons (Fsp3) is 0.333. The van der Waals surface area contributed by atoms with Crippen molar-refractivity contribution in [1.29, 1.82) is 0 Å². The van der Waals surface area contributed by atoms with E-state index in [-0.39, 0.29) is 12.5 Å². The van der Waals surface area contributed by atoms with Crippen LogP contribution in [-0.4, -0.2) is 35.5 Å². The van der Waals surface area contributed by atoms with Crippen molar-refractivity contribution in [1.82, 2.24) is 5.32 Å². The van der Waals surface area contributed by atoms with E-state index in [9.17, 15) is 22.8 Å². The number of benzene rings is 2. The number of fused-ring (bicyclic) bond motifs is 3. The fourth-order valence-corrected chi connectivity index (χ4v) is 4.19. The molecule has 0 aliphatic heterocycles. The highest BCUT2D eigenvalue weighted by Gasteiger charge is 2.64. The van der Waals surface area contributed by atoms with E-state index in [1.165, 1.54) is 0 Å². The predicted octanol–water partition coefficient (Wildman–Crippen LogP) is 4.32. The van der Waals surface area contributed by atoms with Gasteiger partial charge in [0, 0.05) is 5.92 Å². The van der Waals surface area contributed by atoms with Gasteiger partial charge in [0.15, 0.2) is 0 Å². The Hall–Kier alpha value is -3.03. The number of nitrogens with one attached hydrogen (secondary N) is 1. The molecule has 0 heterocycles. The molecule has 1 fully saturated rings. The monoisotopic (exact) mass is 405 g/mol. The Labute approximate surface area is 164 Å². The van der Waals surface area contributed by atoms with E-state index in [0.717, 1.165) is 22.3 Å². The first-order valence-electron chi connectivity index (χ1n) is 9.14. The minimum absolute atomic E-state index is 0.115. The van der Waals surface area contributed by atoms with Crippen LogP contribution in [0.1, 0.15) is 29.9 Å². The number of hydrogen-bond donors (Lipinski definition) is 2. The molecule has 0 spiro atoms. The molecular weight excluding hydrogens is 387 g/mol. The average Bonchev–Trinajstić information content (AvgIpc) is 2.95. The van der Waals surface area contributed by atoms with Crippen LogP contribution in [0.4, 0.5) is 18.0 Å². The predicted molar refractivity (Wildman–Crippen MR) is 97.4 cm³/mol. The van der Waals surface area contributed by atoms with Gasteiger partial charge in [-0.25, -0.2) is 4.79 Å². The number of rotatable bonds is 4. The molecule has 4 rings (SSSR count). The molecule has 0 bridgehead atoms. The maximum Gasteiger partial charge on any atom is 0.411 e. The van der Waals surface area contributed by atoms with Crippen LogP contribution in [0.3, 0.4) is 0 Å². The first-order chi connectivity index (χ1) is 13.7. The van der Waals surface area contributed by atoms with E-state index in [1.807, 2.05) is 53.8 Å². The summed E-state index contributed by atoms with van der Waals surface area (Å²) in [5.74, 6) is -2.71. The lowest BCUT2D eigenvalue weighted by Gasteiger charge is -2.46. The number of carbonyl (C=O) groups is 2. The molecule has 8 heteroatoms. The van der Waals surface area contributed by atoms with Crippen LogP contribution in [0.2, 0.25) is 0 Å². The van der Waals surface area contributed by atoms with Crippen molar-refractivity contribution in [2.45, 2.75) is 30.5 Å². The Balaban J connectivity index is 1.47. The molecule has 152 valence electrons. The molecule has 0 saturated heterocycles. The van der Waals surface area contributed by atoms with Gasteiger partial charge in [0.2, 0.25) is 0 Å². The molecule has 1 amide bonds. The fourth-order valence-electron chi connectivity index (χ4n) is 4.19. The lowest BCUT2D eigenvalue weighted by Crippen LogP contribution is -2.67. The van der Waals surface area contributed by atoms with Crippen molar-refractivity contribution in [3.8, 4) is 11.1 Å². The molecule has 0 aromatic heterocycles. The lowest BCUT2D eigenvalue weighted by molar-refractivity contribution is -0.229. The van der Waals surface area contributed by atoms with Gasteiger partial charge < -0.3 is 15.2 Å². The highest BCUT2D eigenvalue weighted by atomic mass is 19.4. The molecule has 29 heavy (non-hydrogen) atoms. The van der Waals surface area contributed by atoms with Gasteiger partial charge in [-0.15, -0.1) is 0 Å². The number of carbonyl (C=O) groups excluding carboxylic acids is 1. The molecule has 0 unspecified atom stereocenters. The van der Waals surface area contributed by atoms with Crippen LogP contribution < -0.4 is 5.32 Å². The lowest BCUT2D eigenvalue weighted by atomic mass is 9.67. The number of amides is 1.